The molecule has 4 rings (SSSR count). The Bertz CT molecular complexity index is 871. The van der Waals surface area contributed by atoms with Crippen LogP contribution in [-0.2, 0) is 6.54 Å². The van der Waals surface area contributed by atoms with Crippen LogP contribution in [0.5, 0.6) is 5.75 Å². The fourth-order valence-corrected chi connectivity index (χ4v) is 4.10. The van der Waals surface area contributed by atoms with Gasteiger partial charge in [0.2, 0.25) is 0 Å². The van der Waals surface area contributed by atoms with E-state index in [1.807, 2.05) is 17.0 Å². The largest absolute Gasteiger partial charge is 0.497 e. The first-order valence-corrected chi connectivity index (χ1v) is 9.85. The summed E-state index contributed by atoms with van der Waals surface area (Å²) in [6, 6.07) is 5.50. The number of hydrogen-bond donors (Lipinski definition) is 1. The van der Waals surface area contributed by atoms with Crippen molar-refractivity contribution in [3.63, 3.8) is 0 Å². The van der Waals surface area contributed by atoms with E-state index in [1.165, 1.54) is 0 Å². The predicted molar refractivity (Wildman–Crippen MR) is 106 cm³/mol. The van der Waals surface area contributed by atoms with Crippen LogP contribution in [0.2, 0.25) is 0 Å². The molecule has 4 heterocycles. The van der Waals surface area contributed by atoms with E-state index in [-0.39, 0.29) is 17.7 Å². The normalized spacial score (nSPS) is 23.1. The number of aromatic nitrogens is 3. The van der Waals surface area contributed by atoms with Gasteiger partial charge in [-0.05, 0) is 31.9 Å². The number of anilines is 1. The molecule has 0 aromatic carbocycles. The number of aliphatic hydroxyl groups is 1. The molecule has 0 aliphatic carbocycles. The Labute approximate surface area is 164 Å². The summed E-state index contributed by atoms with van der Waals surface area (Å²) in [5.41, 5.74) is 1.68. The van der Waals surface area contributed by atoms with Crippen molar-refractivity contribution in [1.82, 2.24) is 19.7 Å². The minimum absolute atomic E-state index is 0.0603. The number of rotatable bonds is 5. The standard InChI is InChI=1S/C20H27N5O3/c1-28-19-4-6-21-15(9-19)12-23-7-2-3-16(13-23)25-20(27)10-17(11-22-25)24-8-5-18(26)14-24/h4,6,9-11,16,18,26H,2-3,5,7-8,12-14H2,1H3/t16-,18+/m1/s1. The van der Waals surface area contributed by atoms with Crippen molar-refractivity contribution in [2.45, 2.75) is 38.0 Å². The molecule has 2 fully saturated rings. The molecule has 28 heavy (non-hydrogen) atoms. The molecule has 2 atom stereocenters. The minimum Gasteiger partial charge on any atom is -0.497 e. The van der Waals surface area contributed by atoms with Crippen molar-refractivity contribution in [3.8, 4) is 5.75 Å². The van der Waals surface area contributed by atoms with Gasteiger partial charge < -0.3 is 14.7 Å². The van der Waals surface area contributed by atoms with Gasteiger partial charge in [-0.25, -0.2) is 4.68 Å². The molecule has 2 saturated heterocycles. The molecule has 2 aliphatic rings. The van der Waals surface area contributed by atoms with Gasteiger partial charge in [-0.15, -0.1) is 0 Å². The first-order valence-electron chi connectivity index (χ1n) is 9.85. The number of ether oxygens (including phenoxy) is 1. The molecule has 2 aromatic rings. The van der Waals surface area contributed by atoms with E-state index in [0.717, 1.165) is 62.6 Å². The lowest BCUT2D eigenvalue weighted by atomic mass is 10.1. The first kappa shape index (κ1) is 18.9. The fraction of sp³-hybridized carbons (Fsp3) is 0.550. The molecule has 0 amide bonds. The van der Waals surface area contributed by atoms with Crippen LogP contribution in [0.3, 0.4) is 0 Å². The van der Waals surface area contributed by atoms with E-state index in [4.69, 9.17) is 4.74 Å². The van der Waals surface area contributed by atoms with Gasteiger partial charge in [0.1, 0.15) is 5.75 Å². The molecule has 0 unspecified atom stereocenters. The zero-order valence-corrected chi connectivity index (χ0v) is 16.2. The van der Waals surface area contributed by atoms with Gasteiger partial charge in [0.05, 0.1) is 36.8 Å². The number of likely N-dealkylation sites (tertiary alicyclic amines) is 1. The zero-order chi connectivity index (χ0) is 19.5. The molecule has 8 heteroatoms. The van der Waals surface area contributed by atoms with Crippen LogP contribution in [0.15, 0.2) is 35.4 Å². The van der Waals surface area contributed by atoms with E-state index >= 15 is 0 Å². The van der Waals surface area contributed by atoms with Crippen LogP contribution in [0, 0.1) is 0 Å². The maximum absolute atomic E-state index is 12.7. The second-order valence-electron chi connectivity index (χ2n) is 7.60. The summed E-state index contributed by atoms with van der Waals surface area (Å²) in [6.45, 7) is 3.81. The average Bonchev–Trinajstić information content (AvgIpc) is 3.14. The van der Waals surface area contributed by atoms with Gasteiger partial charge in [0.15, 0.2) is 0 Å². The molecule has 2 aromatic heterocycles. The SMILES string of the molecule is COc1ccnc(CN2CCC[C@@H](n3ncc(N4CC[C@H](O)C4)cc3=O)C2)c1. The Hall–Kier alpha value is -2.45. The zero-order valence-electron chi connectivity index (χ0n) is 16.2. The molecule has 0 radical (unpaired) electrons. The second-order valence-corrected chi connectivity index (χ2v) is 7.60. The van der Waals surface area contributed by atoms with E-state index in [2.05, 4.69) is 15.0 Å². The van der Waals surface area contributed by atoms with Gasteiger partial charge in [-0.3, -0.25) is 14.7 Å². The number of hydrogen-bond acceptors (Lipinski definition) is 7. The molecule has 1 N–H and O–H groups in total. The summed E-state index contributed by atoms with van der Waals surface area (Å²) < 4.78 is 6.89. The number of piperidine rings is 1. The number of β-amino-alcohol motifs (C(OH)–C–C–N with tert-alkyl or cyclic N) is 1. The van der Waals surface area contributed by atoms with E-state index in [9.17, 15) is 9.90 Å². The second kappa shape index (κ2) is 8.28. The van der Waals surface area contributed by atoms with Crippen molar-refractivity contribution in [3.05, 3.63) is 46.6 Å². The summed E-state index contributed by atoms with van der Waals surface area (Å²) >= 11 is 0. The Morgan fingerprint density at radius 2 is 2.14 bits per heavy atom. The quantitative estimate of drug-likeness (QED) is 0.824. The Balaban J connectivity index is 1.44. The van der Waals surface area contributed by atoms with Gasteiger partial charge in [-0.1, -0.05) is 0 Å². The maximum atomic E-state index is 12.7. The van der Waals surface area contributed by atoms with Gasteiger partial charge in [0.25, 0.3) is 5.56 Å². The van der Waals surface area contributed by atoms with Gasteiger partial charge >= 0.3 is 0 Å². The first-order chi connectivity index (χ1) is 13.6. The molecule has 2 aliphatic heterocycles. The molecular weight excluding hydrogens is 358 g/mol. The highest BCUT2D eigenvalue weighted by Gasteiger charge is 2.25. The fourth-order valence-electron chi connectivity index (χ4n) is 4.10. The summed E-state index contributed by atoms with van der Waals surface area (Å²) in [6.07, 6.45) is 5.88. The number of aliphatic hydroxyl groups excluding tert-OH is 1. The summed E-state index contributed by atoms with van der Waals surface area (Å²) in [5, 5.41) is 14.2. The van der Waals surface area contributed by atoms with E-state index < -0.39 is 0 Å². The van der Waals surface area contributed by atoms with Crippen LogP contribution in [0.1, 0.15) is 31.0 Å². The van der Waals surface area contributed by atoms with Crippen LogP contribution in [0.4, 0.5) is 5.69 Å². The highest BCUT2D eigenvalue weighted by molar-refractivity contribution is 5.44. The van der Waals surface area contributed by atoms with Crippen molar-refractivity contribution in [2.24, 2.45) is 0 Å². The van der Waals surface area contributed by atoms with Crippen molar-refractivity contribution in [1.29, 1.82) is 0 Å². The number of pyridine rings is 1. The summed E-state index contributed by atoms with van der Waals surface area (Å²) in [5.74, 6) is 0.805. The third-order valence-electron chi connectivity index (χ3n) is 5.58. The number of methoxy groups -OCH3 is 1. The topological polar surface area (TPSA) is 83.7 Å². The van der Waals surface area contributed by atoms with Crippen molar-refractivity contribution < 1.29 is 9.84 Å². The van der Waals surface area contributed by atoms with Gasteiger partial charge in [0, 0.05) is 44.5 Å². The smallest absolute Gasteiger partial charge is 0.269 e. The van der Waals surface area contributed by atoms with Crippen LogP contribution >= 0.6 is 0 Å². The maximum Gasteiger partial charge on any atom is 0.269 e. The Morgan fingerprint density at radius 3 is 2.89 bits per heavy atom. The van der Waals surface area contributed by atoms with Gasteiger partial charge in [-0.2, -0.15) is 5.10 Å². The molecule has 150 valence electrons. The Kier molecular flexibility index (Phi) is 5.59. The van der Waals surface area contributed by atoms with Crippen molar-refractivity contribution >= 4 is 5.69 Å². The van der Waals surface area contributed by atoms with Crippen molar-refractivity contribution in [2.75, 3.05) is 38.2 Å². The lowest BCUT2D eigenvalue weighted by Crippen LogP contribution is -2.40. The lowest BCUT2D eigenvalue weighted by Gasteiger charge is -2.32. The Morgan fingerprint density at radius 1 is 1.25 bits per heavy atom. The van der Waals surface area contributed by atoms with Crippen LogP contribution in [-0.4, -0.2) is 64.2 Å². The monoisotopic (exact) mass is 385 g/mol. The molecule has 0 bridgehead atoms. The molecular formula is C20H27N5O3. The highest BCUT2D eigenvalue weighted by atomic mass is 16.5. The van der Waals surface area contributed by atoms with E-state index in [1.54, 1.807) is 30.3 Å². The summed E-state index contributed by atoms with van der Waals surface area (Å²) in [4.78, 5) is 21.4. The average molecular weight is 385 g/mol. The molecule has 8 nitrogen and oxygen atoms in total. The van der Waals surface area contributed by atoms with Crippen LogP contribution < -0.4 is 15.2 Å². The number of nitrogens with zero attached hydrogens (tertiary/aromatic N) is 5. The highest BCUT2D eigenvalue weighted by Crippen LogP contribution is 2.23. The summed E-state index contributed by atoms with van der Waals surface area (Å²) in [7, 11) is 1.65. The molecule has 0 saturated carbocycles. The molecule has 0 spiro atoms. The lowest BCUT2D eigenvalue weighted by molar-refractivity contribution is 0.158. The van der Waals surface area contributed by atoms with E-state index in [0.29, 0.717) is 6.54 Å². The third-order valence-corrected chi connectivity index (χ3v) is 5.58. The minimum atomic E-state index is -0.320. The third kappa shape index (κ3) is 4.18. The van der Waals surface area contributed by atoms with Crippen LogP contribution in [0.25, 0.3) is 0 Å². The predicted octanol–water partition coefficient (Wildman–Crippen LogP) is 1.05.